The first-order valence-corrected chi connectivity index (χ1v) is 7.15. The molecule has 0 fully saturated rings. The summed E-state index contributed by atoms with van der Waals surface area (Å²) in [7, 11) is 0. The lowest BCUT2D eigenvalue weighted by atomic mass is 10.1. The second kappa shape index (κ2) is 5.85. The third-order valence-corrected chi connectivity index (χ3v) is 4.13. The lowest BCUT2D eigenvalue weighted by Crippen LogP contribution is -2.07. The van der Waals surface area contributed by atoms with E-state index in [2.05, 4.69) is 21.2 Å². The standard InChI is InChI=1S/C13H8BrF3N2S/c14-12-3-8(7-20-12)6-19-11-2-1-10(13(15,16)17)4-9(11)5-18/h1-4,7,19H,6H2. The topological polar surface area (TPSA) is 35.8 Å². The highest BCUT2D eigenvalue weighted by Crippen LogP contribution is 2.32. The van der Waals surface area contributed by atoms with E-state index in [-0.39, 0.29) is 5.56 Å². The van der Waals surface area contributed by atoms with Gasteiger partial charge in [0.15, 0.2) is 0 Å². The summed E-state index contributed by atoms with van der Waals surface area (Å²) < 4.78 is 38.6. The number of nitrogens with zero attached hydrogens (tertiary/aromatic N) is 1. The summed E-state index contributed by atoms with van der Waals surface area (Å²) in [6.45, 7) is 0.447. The van der Waals surface area contributed by atoms with Gasteiger partial charge >= 0.3 is 6.18 Å². The molecule has 0 aliphatic heterocycles. The van der Waals surface area contributed by atoms with E-state index in [9.17, 15) is 13.2 Å². The molecule has 2 rings (SSSR count). The lowest BCUT2D eigenvalue weighted by Gasteiger charge is -2.11. The minimum Gasteiger partial charge on any atom is -0.380 e. The third kappa shape index (κ3) is 3.52. The van der Waals surface area contributed by atoms with Crippen LogP contribution in [0.15, 0.2) is 33.4 Å². The third-order valence-electron chi connectivity index (χ3n) is 2.57. The first-order chi connectivity index (χ1) is 9.40. The van der Waals surface area contributed by atoms with Gasteiger partial charge in [0, 0.05) is 6.54 Å². The van der Waals surface area contributed by atoms with Gasteiger partial charge in [-0.2, -0.15) is 18.4 Å². The number of hydrogen-bond donors (Lipinski definition) is 1. The molecule has 1 N–H and O–H groups in total. The van der Waals surface area contributed by atoms with E-state index >= 15 is 0 Å². The quantitative estimate of drug-likeness (QED) is 0.834. The van der Waals surface area contributed by atoms with Crippen LogP contribution in [-0.4, -0.2) is 0 Å². The zero-order valence-electron chi connectivity index (χ0n) is 9.96. The van der Waals surface area contributed by atoms with Crippen LogP contribution in [0.2, 0.25) is 0 Å². The summed E-state index contributed by atoms with van der Waals surface area (Å²) in [6, 6.07) is 6.79. The van der Waals surface area contributed by atoms with E-state index in [0.717, 1.165) is 21.5 Å². The monoisotopic (exact) mass is 360 g/mol. The summed E-state index contributed by atoms with van der Waals surface area (Å²) in [6.07, 6.45) is -4.44. The molecule has 0 unspecified atom stereocenters. The van der Waals surface area contributed by atoms with Gasteiger partial charge in [0.1, 0.15) is 6.07 Å². The van der Waals surface area contributed by atoms with Gasteiger partial charge in [-0.1, -0.05) is 0 Å². The molecule has 0 radical (unpaired) electrons. The molecule has 7 heteroatoms. The van der Waals surface area contributed by atoms with Gasteiger partial charge < -0.3 is 5.32 Å². The Morgan fingerprint density at radius 3 is 2.60 bits per heavy atom. The first-order valence-electron chi connectivity index (χ1n) is 5.48. The molecule has 2 nitrogen and oxygen atoms in total. The molecule has 20 heavy (non-hydrogen) atoms. The number of halogens is 4. The van der Waals surface area contributed by atoms with Crippen LogP contribution in [0.25, 0.3) is 0 Å². The van der Waals surface area contributed by atoms with Crippen LogP contribution in [-0.2, 0) is 12.7 Å². The number of nitriles is 1. The molecule has 0 amide bonds. The van der Waals surface area contributed by atoms with Gasteiger partial charge in [-0.05, 0) is 51.1 Å². The summed E-state index contributed by atoms with van der Waals surface area (Å²) in [5.41, 5.74) is 0.542. The summed E-state index contributed by atoms with van der Waals surface area (Å²) in [4.78, 5) is 0. The van der Waals surface area contributed by atoms with Crippen molar-refractivity contribution < 1.29 is 13.2 Å². The molecule has 0 aliphatic carbocycles. The van der Waals surface area contributed by atoms with Crippen molar-refractivity contribution in [3.05, 3.63) is 50.1 Å². The van der Waals surface area contributed by atoms with Crippen molar-refractivity contribution >= 4 is 33.0 Å². The van der Waals surface area contributed by atoms with Crippen LogP contribution in [0, 0.1) is 11.3 Å². The fourth-order valence-corrected chi connectivity index (χ4v) is 2.81. The van der Waals surface area contributed by atoms with Crippen LogP contribution < -0.4 is 5.32 Å². The predicted octanol–water partition coefficient (Wildman–Crippen LogP) is 5.01. The van der Waals surface area contributed by atoms with E-state index < -0.39 is 11.7 Å². The van der Waals surface area contributed by atoms with Crippen molar-refractivity contribution in [1.82, 2.24) is 0 Å². The lowest BCUT2D eigenvalue weighted by molar-refractivity contribution is -0.137. The van der Waals surface area contributed by atoms with Gasteiger partial charge in [0.2, 0.25) is 0 Å². The fraction of sp³-hybridized carbons (Fsp3) is 0.154. The van der Waals surface area contributed by atoms with E-state index in [4.69, 9.17) is 5.26 Å². The number of hydrogen-bond acceptors (Lipinski definition) is 3. The van der Waals surface area contributed by atoms with E-state index in [1.807, 2.05) is 11.4 Å². The summed E-state index contributed by atoms with van der Waals surface area (Å²) in [5.74, 6) is 0. The zero-order valence-corrected chi connectivity index (χ0v) is 12.4. The average molecular weight is 361 g/mol. The molecular formula is C13H8BrF3N2S. The van der Waals surface area contributed by atoms with Gasteiger partial charge in [0.25, 0.3) is 0 Å². The van der Waals surface area contributed by atoms with Crippen molar-refractivity contribution in [1.29, 1.82) is 5.26 Å². The number of rotatable bonds is 3. The van der Waals surface area contributed by atoms with Crippen molar-refractivity contribution in [2.75, 3.05) is 5.32 Å². The van der Waals surface area contributed by atoms with E-state index in [1.54, 1.807) is 6.07 Å². The molecule has 1 heterocycles. The van der Waals surface area contributed by atoms with Crippen LogP contribution >= 0.6 is 27.3 Å². The molecule has 1 aromatic carbocycles. The molecule has 0 bridgehead atoms. The van der Waals surface area contributed by atoms with Gasteiger partial charge in [-0.15, -0.1) is 11.3 Å². The van der Waals surface area contributed by atoms with Gasteiger partial charge in [-0.3, -0.25) is 0 Å². The summed E-state index contributed by atoms with van der Waals surface area (Å²) >= 11 is 4.85. The van der Waals surface area contributed by atoms with Crippen molar-refractivity contribution in [3.8, 4) is 6.07 Å². The van der Waals surface area contributed by atoms with Crippen LogP contribution in [0.5, 0.6) is 0 Å². The number of anilines is 1. The number of alkyl halides is 3. The average Bonchev–Trinajstić information content (AvgIpc) is 2.81. The Kier molecular flexibility index (Phi) is 4.35. The highest BCUT2D eigenvalue weighted by molar-refractivity contribution is 9.11. The Morgan fingerprint density at radius 2 is 2.05 bits per heavy atom. The molecular weight excluding hydrogens is 353 g/mol. The molecule has 0 aliphatic rings. The maximum absolute atomic E-state index is 12.6. The minimum absolute atomic E-state index is 0.0193. The number of benzene rings is 1. The van der Waals surface area contributed by atoms with Crippen molar-refractivity contribution in [2.45, 2.75) is 12.7 Å². The fourth-order valence-electron chi connectivity index (χ4n) is 1.60. The van der Waals surface area contributed by atoms with E-state index in [1.165, 1.54) is 17.4 Å². The Labute approximate surface area is 126 Å². The maximum atomic E-state index is 12.6. The zero-order chi connectivity index (χ0) is 14.8. The Morgan fingerprint density at radius 1 is 1.30 bits per heavy atom. The Balaban J connectivity index is 2.18. The highest BCUT2D eigenvalue weighted by Gasteiger charge is 2.31. The minimum atomic E-state index is -4.44. The Hall–Kier alpha value is -1.52. The van der Waals surface area contributed by atoms with Crippen LogP contribution in [0.3, 0.4) is 0 Å². The normalized spacial score (nSPS) is 11.2. The van der Waals surface area contributed by atoms with Gasteiger partial charge in [-0.25, -0.2) is 0 Å². The molecule has 104 valence electrons. The second-order valence-electron chi connectivity index (χ2n) is 3.98. The Bertz CT molecular complexity index is 658. The van der Waals surface area contributed by atoms with Crippen LogP contribution in [0.4, 0.5) is 18.9 Å². The largest absolute Gasteiger partial charge is 0.416 e. The van der Waals surface area contributed by atoms with Crippen LogP contribution in [0.1, 0.15) is 16.7 Å². The highest BCUT2D eigenvalue weighted by atomic mass is 79.9. The molecule has 0 spiro atoms. The first kappa shape index (κ1) is 14.9. The second-order valence-corrected chi connectivity index (χ2v) is 6.27. The molecule has 1 aromatic heterocycles. The van der Waals surface area contributed by atoms with Crippen molar-refractivity contribution in [3.63, 3.8) is 0 Å². The van der Waals surface area contributed by atoms with E-state index in [0.29, 0.717) is 12.2 Å². The molecule has 2 aromatic rings. The molecule has 0 saturated heterocycles. The number of nitrogens with one attached hydrogen (secondary N) is 1. The maximum Gasteiger partial charge on any atom is 0.416 e. The smallest absolute Gasteiger partial charge is 0.380 e. The molecule has 0 atom stereocenters. The summed E-state index contributed by atoms with van der Waals surface area (Å²) in [5, 5.41) is 13.8. The number of thiophene rings is 1. The van der Waals surface area contributed by atoms with Gasteiger partial charge in [0.05, 0.1) is 20.6 Å². The molecule has 0 saturated carbocycles. The van der Waals surface area contributed by atoms with Crippen molar-refractivity contribution in [2.24, 2.45) is 0 Å². The predicted molar refractivity (Wildman–Crippen MR) is 75.5 cm³/mol. The SMILES string of the molecule is N#Cc1cc(C(F)(F)F)ccc1NCc1csc(Br)c1.